The number of hydrogen-bond donors (Lipinski definition) is 0. The van der Waals surface area contributed by atoms with Crippen LogP contribution in [0.3, 0.4) is 0 Å². The molecule has 0 aliphatic carbocycles. The number of fused-ring (bicyclic) bond motifs is 1. The Morgan fingerprint density at radius 1 is 0.633 bits per heavy atom. The first kappa shape index (κ1) is 18.6. The summed E-state index contributed by atoms with van der Waals surface area (Å²) in [5.41, 5.74) is 4.57. The lowest BCUT2D eigenvalue weighted by Gasteiger charge is -2.23. The van der Waals surface area contributed by atoms with Crippen molar-refractivity contribution in [2.45, 2.75) is 0 Å². The van der Waals surface area contributed by atoms with E-state index >= 15 is 0 Å². The number of carbonyl (C=O) groups excluding carboxylic acids is 2. The molecule has 4 nitrogen and oxygen atoms in total. The zero-order chi connectivity index (χ0) is 20.8. The van der Waals surface area contributed by atoms with Crippen molar-refractivity contribution in [1.29, 1.82) is 0 Å². The van der Waals surface area contributed by atoms with Crippen LogP contribution < -0.4 is 4.90 Å². The number of amides is 2. The highest BCUT2D eigenvalue weighted by Crippen LogP contribution is 2.47. The molecule has 0 radical (unpaired) electrons. The molecule has 3 aromatic rings. The zero-order valence-electron chi connectivity index (χ0n) is 16.2. The van der Waals surface area contributed by atoms with Gasteiger partial charge in [-0.25, -0.2) is 0 Å². The van der Waals surface area contributed by atoms with Crippen LogP contribution in [0.15, 0.2) is 101 Å². The standard InChI is InChI=1S/C25H17BrN2O2/c1-27-22(16-8-4-2-5-9-16)20-21(24(27)29)23(17-12-14-18(26)15-13-17)28(25(20)30)19-10-6-3-7-11-19/h2-15H,1H3. The van der Waals surface area contributed by atoms with Crippen LogP contribution in [-0.2, 0) is 9.59 Å². The van der Waals surface area contributed by atoms with E-state index in [2.05, 4.69) is 15.9 Å². The highest BCUT2D eigenvalue weighted by molar-refractivity contribution is 9.10. The first-order chi connectivity index (χ1) is 14.6. The topological polar surface area (TPSA) is 40.6 Å². The number of nitrogens with zero attached hydrogens (tertiary/aromatic N) is 2. The van der Waals surface area contributed by atoms with E-state index in [1.54, 1.807) is 16.8 Å². The third kappa shape index (κ3) is 2.74. The number of benzene rings is 3. The van der Waals surface area contributed by atoms with Gasteiger partial charge in [-0.3, -0.25) is 14.5 Å². The van der Waals surface area contributed by atoms with Gasteiger partial charge in [0, 0.05) is 17.2 Å². The molecule has 0 fully saturated rings. The molecule has 0 saturated heterocycles. The Balaban J connectivity index is 1.82. The highest BCUT2D eigenvalue weighted by atomic mass is 79.9. The summed E-state index contributed by atoms with van der Waals surface area (Å²) in [7, 11) is 1.72. The fourth-order valence-electron chi connectivity index (χ4n) is 4.05. The molecular weight excluding hydrogens is 440 g/mol. The molecule has 0 N–H and O–H groups in total. The predicted octanol–water partition coefficient (Wildman–Crippen LogP) is 5.09. The van der Waals surface area contributed by atoms with Crippen molar-refractivity contribution in [2.24, 2.45) is 0 Å². The summed E-state index contributed by atoms with van der Waals surface area (Å²) < 4.78 is 0.933. The van der Waals surface area contributed by atoms with E-state index < -0.39 is 0 Å². The Kier molecular flexibility index (Phi) is 4.40. The molecule has 0 aromatic heterocycles. The number of halogens is 1. The van der Waals surface area contributed by atoms with Gasteiger partial charge < -0.3 is 4.90 Å². The van der Waals surface area contributed by atoms with Crippen molar-refractivity contribution < 1.29 is 9.59 Å². The lowest BCUT2D eigenvalue weighted by Crippen LogP contribution is -2.28. The normalized spacial score (nSPS) is 16.1. The Morgan fingerprint density at radius 2 is 1.17 bits per heavy atom. The summed E-state index contributed by atoms with van der Waals surface area (Å²) in [6, 6.07) is 26.7. The van der Waals surface area contributed by atoms with Gasteiger partial charge in [0.15, 0.2) is 0 Å². The van der Waals surface area contributed by atoms with Gasteiger partial charge in [0.25, 0.3) is 11.8 Å². The number of rotatable bonds is 3. The number of hydrogen-bond acceptors (Lipinski definition) is 2. The monoisotopic (exact) mass is 456 g/mol. The lowest BCUT2D eigenvalue weighted by molar-refractivity contribution is -0.122. The van der Waals surface area contributed by atoms with Gasteiger partial charge >= 0.3 is 0 Å². The quantitative estimate of drug-likeness (QED) is 0.550. The van der Waals surface area contributed by atoms with Gasteiger partial charge in [-0.15, -0.1) is 0 Å². The van der Waals surface area contributed by atoms with Gasteiger partial charge in [0.2, 0.25) is 0 Å². The number of carbonyl (C=O) groups is 2. The van der Waals surface area contributed by atoms with Gasteiger partial charge in [-0.05, 0) is 35.4 Å². The molecule has 0 saturated carbocycles. The maximum absolute atomic E-state index is 13.8. The smallest absolute Gasteiger partial charge is 0.265 e. The summed E-state index contributed by atoms with van der Waals surface area (Å²) in [5.74, 6) is -0.362. The Hall–Kier alpha value is -3.44. The number of likely N-dealkylation sites (N-methyl/N-ethyl adjacent to an activating group) is 1. The average molecular weight is 457 g/mol. The number of anilines is 1. The third-order valence-corrected chi connectivity index (χ3v) is 5.93. The van der Waals surface area contributed by atoms with Gasteiger partial charge in [0.05, 0.1) is 22.5 Å². The molecule has 2 aliphatic rings. The highest BCUT2D eigenvalue weighted by Gasteiger charge is 2.48. The van der Waals surface area contributed by atoms with Crippen LogP contribution in [0.4, 0.5) is 5.69 Å². The third-order valence-electron chi connectivity index (χ3n) is 5.40. The molecule has 2 amide bonds. The minimum absolute atomic E-state index is 0.173. The molecule has 3 aromatic carbocycles. The first-order valence-electron chi connectivity index (χ1n) is 9.56. The first-order valence-corrected chi connectivity index (χ1v) is 10.3. The minimum atomic E-state index is -0.189. The second-order valence-electron chi connectivity index (χ2n) is 7.16. The zero-order valence-corrected chi connectivity index (χ0v) is 17.8. The Bertz CT molecular complexity index is 1230. The van der Waals surface area contributed by atoms with Crippen LogP contribution >= 0.6 is 15.9 Å². The van der Waals surface area contributed by atoms with Gasteiger partial charge in [-0.1, -0.05) is 76.6 Å². The molecule has 2 aliphatic heterocycles. The van der Waals surface area contributed by atoms with E-state index in [0.29, 0.717) is 22.5 Å². The second-order valence-corrected chi connectivity index (χ2v) is 8.08. The predicted molar refractivity (Wildman–Crippen MR) is 121 cm³/mol. The molecule has 0 unspecified atom stereocenters. The molecule has 0 bridgehead atoms. The van der Waals surface area contributed by atoms with E-state index in [9.17, 15) is 9.59 Å². The fraction of sp³-hybridized carbons (Fsp3) is 0.0400. The van der Waals surface area contributed by atoms with Crippen molar-refractivity contribution in [2.75, 3.05) is 11.9 Å². The van der Waals surface area contributed by atoms with Crippen LogP contribution in [0.25, 0.3) is 11.4 Å². The van der Waals surface area contributed by atoms with E-state index in [0.717, 1.165) is 21.3 Å². The fourth-order valence-corrected chi connectivity index (χ4v) is 4.32. The molecule has 0 atom stereocenters. The lowest BCUT2D eigenvalue weighted by atomic mass is 10.0. The average Bonchev–Trinajstić information content (AvgIpc) is 3.21. The van der Waals surface area contributed by atoms with Crippen molar-refractivity contribution in [3.63, 3.8) is 0 Å². The number of para-hydroxylation sites is 1. The SMILES string of the molecule is CN1C(=O)C2=C(c3ccc(Br)cc3)N(c3ccccc3)C(=O)C2=C1c1ccccc1. The van der Waals surface area contributed by atoms with Crippen molar-refractivity contribution in [3.8, 4) is 0 Å². The molecule has 2 heterocycles. The molecule has 146 valence electrons. The summed E-state index contributed by atoms with van der Waals surface area (Å²) in [6.07, 6.45) is 0. The Morgan fingerprint density at radius 3 is 1.80 bits per heavy atom. The maximum Gasteiger partial charge on any atom is 0.265 e. The summed E-state index contributed by atoms with van der Waals surface area (Å²) in [4.78, 5) is 30.4. The van der Waals surface area contributed by atoms with E-state index in [-0.39, 0.29) is 11.8 Å². The molecule has 5 rings (SSSR count). The summed E-state index contributed by atoms with van der Waals surface area (Å²) in [6.45, 7) is 0. The van der Waals surface area contributed by atoms with E-state index in [1.807, 2.05) is 84.9 Å². The molecular formula is C25H17BrN2O2. The van der Waals surface area contributed by atoms with Gasteiger partial charge in [0.1, 0.15) is 0 Å². The van der Waals surface area contributed by atoms with Crippen LogP contribution in [0, 0.1) is 0 Å². The molecule has 5 heteroatoms. The van der Waals surface area contributed by atoms with Crippen LogP contribution in [-0.4, -0.2) is 23.8 Å². The van der Waals surface area contributed by atoms with Crippen LogP contribution in [0.2, 0.25) is 0 Å². The largest absolute Gasteiger partial charge is 0.310 e. The molecule has 30 heavy (non-hydrogen) atoms. The van der Waals surface area contributed by atoms with E-state index in [1.165, 1.54) is 0 Å². The van der Waals surface area contributed by atoms with E-state index in [4.69, 9.17) is 0 Å². The second kappa shape index (κ2) is 7.11. The van der Waals surface area contributed by atoms with Crippen molar-refractivity contribution in [3.05, 3.63) is 112 Å². The maximum atomic E-state index is 13.8. The van der Waals surface area contributed by atoms with Gasteiger partial charge in [-0.2, -0.15) is 0 Å². The van der Waals surface area contributed by atoms with Crippen LogP contribution in [0.5, 0.6) is 0 Å². The summed E-state index contributed by atoms with van der Waals surface area (Å²) >= 11 is 3.46. The van der Waals surface area contributed by atoms with Crippen molar-refractivity contribution >= 4 is 44.8 Å². The van der Waals surface area contributed by atoms with Crippen LogP contribution in [0.1, 0.15) is 11.1 Å². The molecule has 0 spiro atoms. The minimum Gasteiger partial charge on any atom is -0.310 e. The summed E-state index contributed by atoms with van der Waals surface area (Å²) in [5, 5.41) is 0. The van der Waals surface area contributed by atoms with Crippen molar-refractivity contribution in [1.82, 2.24) is 4.90 Å². The Labute approximate surface area is 182 Å².